The van der Waals surface area contributed by atoms with E-state index in [0.717, 1.165) is 37.1 Å². The van der Waals surface area contributed by atoms with Gasteiger partial charge in [0.25, 0.3) is 0 Å². The van der Waals surface area contributed by atoms with Crippen LogP contribution in [0.4, 0.5) is 0 Å². The molecule has 144 valence electrons. The van der Waals surface area contributed by atoms with E-state index in [0.29, 0.717) is 24.5 Å². The molecule has 3 rings (SSSR count). The van der Waals surface area contributed by atoms with Gasteiger partial charge in [-0.25, -0.2) is 8.42 Å². The molecule has 0 bridgehead atoms. The molecule has 6 nitrogen and oxygen atoms in total. The lowest BCUT2D eigenvalue weighted by Crippen LogP contribution is -2.46. The second-order valence-corrected chi connectivity index (χ2v) is 9.76. The topological polar surface area (TPSA) is 78.5 Å². The van der Waals surface area contributed by atoms with Crippen molar-refractivity contribution < 1.29 is 13.2 Å². The zero-order valence-corrected chi connectivity index (χ0v) is 16.7. The first-order chi connectivity index (χ1) is 12.5. The molecule has 1 aromatic rings. The monoisotopic (exact) mass is 397 g/mol. The van der Waals surface area contributed by atoms with Gasteiger partial charge in [0.1, 0.15) is 0 Å². The lowest BCUT2D eigenvalue weighted by molar-refractivity contribution is -0.123. The third-order valence-electron chi connectivity index (χ3n) is 5.12. The van der Waals surface area contributed by atoms with Crippen LogP contribution in [-0.4, -0.2) is 57.1 Å². The summed E-state index contributed by atoms with van der Waals surface area (Å²) >= 11 is 1.59. The zero-order valence-electron chi connectivity index (χ0n) is 15.1. The van der Waals surface area contributed by atoms with Crippen LogP contribution in [0.1, 0.15) is 25.7 Å². The average Bonchev–Trinajstić information content (AvgIpc) is 3.21. The highest BCUT2D eigenvalue weighted by Crippen LogP contribution is 2.25. The Hall–Kier alpha value is -1.09. The quantitative estimate of drug-likeness (QED) is 0.714. The van der Waals surface area contributed by atoms with Gasteiger partial charge in [-0.3, -0.25) is 4.79 Å². The van der Waals surface area contributed by atoms with E-state index in [1.54, 1.807) is 28.2 Å². The third kappa shape index (κ3) is 4.60. The van der Waals surface area contributed by atoms with Gasteiger partial charge in [0.15, 0.2) is 0 Å². The van der Waals surface area contributed by atoms with Gasteiger partial charge >= 0.3 is 0 Å². The Kier molecular flexibility index (Phi) is 6.60. The van der Waals surface area contributed by atoms with Crippen LogP contribution in [0.5, 0.6) is 0 Å². The van der Waals surface area contributed by atoms with Gasteiger partial charge in [-0.15, -0.1) is 11.8 Å². The Morgan fingerprint density at radius 2 is 2.04 bits per heavy atom. The minimum Gasteiger partial charge on any atom is -0.354 e. The number of rotatable bonds is 6. The number of nitrogens with zero attached hydrogens (tertiary/aromatic N) is 1. The standard InChI is InChI=1S/C18H27N3O3S2/c1-25-15-6-8-16(9-7-15)26(23,24)21-11-3-4-14(13-21)12-20-18(22)17-5-2-10-19-17/h6-9,14,17,19H,2-5,10-13H2,1H3,(H,20,22). The normalized spacial score (nSPS) is 24.5. The number of carbonyl (C=O) groups excluding carboxylic acids is 1. The van der Waals surface area contributed by atoms with Crippen molar-refractivity contribution in [2.75, 3.05) is 32.4 Å². The van der Waals surface area contributed by atoms with Gasteiger partial charge in [0.2, 0.25) is 15.9 Å². The van der Waals surface area contributed by atoms with Crippen molar-refractivity contribution in [1.29, 1.82) is 0 Å². The molecule has 0 aromatic heterocycles. The first-order valence-electron chi connectivity index (χ1n) is 9.16. The molecule has 1 aromatic carbocycles. The summed E-state index contributed by atoms with van der Waals surface area (Å²) in [5.74, 6) is 0.199. The second kappa shape index (κ2) is 8.73. The van der Waals surface area contributed by atoms with Crippen LogP contribution in [0, 0.1) is 5.92 Å². The van der Waals surface area contributed by atoms with Crippen LogP contribution >= 0.6 is 11.8 Å². The first kappa shape index (κ1) is 19.7. The third-order valence-corrected chi connectivity index (χ3v) is 7.74. The number of thioether (sulfide) groups is 1. The van der Waals surface area contributed by atoms with Crippen LogP contribution < -0.4 is 10.6 Å². The van der Waals surface area contributed by atoms with E-state index >= 15 is 0 Å². The molecule has 2 atom stereocenters. The fraction of sp³-hybridized carbons (Fsp3) is 0.611. The molecule has 8 heteroatoms. The predicted octanol–water partition coefficient (Wildman–Crippen LogP) is 1.68. The van der Waals surface area contributed by atoms with E-state index in [1.165, 1.54) is 0 Å². The molecular formula is C18H27N3O3S2. The highest BCUT2D eigenvalue weighted by atomic mass is 32.2. The van der Waals surface area contributed by atoms with Crippen molar-refractivity contribution in [3.63, 3.8) is 0 Å². The molecule has 0 radical (unpaired) electrons. The lowest BCUT2D eigenvalue weighted by Gasteiger charge is -2.32. The second-order valence-electron chi connectivity index (χ2n) is 6.94. The van der Waals surface area contributed by atoms with Crippen molar-refractivity contribution >= 4 is 27.7 Å². The summed E-state index contributed by atoms with van der Waals surface area (Å²) in [5.41, 5.74) is 0. The summed E-state index contributed by atoms with van der Waals surface area (Å²) in [5, 5.41) is 6.18. The van der Waals surface area contributed by atoms with Gasteiger partial charge in [0, 0.05) is 24.5 Å². The molecule has 2 fully saturated rings. The minimum atomic E-state index is -3.48. The molecule has 1 amide bonds. The number of amides is 1. The number of carbonyl (C=O) groups is 1. The van der Waals surface area contributed by atoms with Crippen molar-refractivity contribution in [2.24, 2.45) is 5.92 Å². The number of piperidine rings is 1. The number of benzene rings is 1. The molecule has 26 heavy (non-hydrogen) atoms. The fourth-order valence-electron chi connectivity index (χ4n) is 3.59. The highest BCUT2D eigenvalue weighted by molar-refractivity contribution is 7.98. The van der Waals surface area contributed by atoms with Gasteiger partial charge < -0.3 is 10.6 Å². The van der Waals surface area contributed by atoms with Crippen LogP contribution in [-0.2, 0) is 14.8 Å². The van der Waals surface area contributed by atoms with E-state index in [2.05, 4.69) is 10.6 Å². The summed E-state index contributed by atoms with van der Waals surface area (Å²) in [7, 11) is -3.48. The maximum Gasteiger partial charge on any atom is 0.243 e. The van der Waals surface area contributed by atoms with Crippen molar-refractivity contribution in [3.05, 3.63) is 24.3 Å². The predicted molar refractivity (Wildman–Crippen MR) is 104 cm³/mol. The maximum absolute atomic E-state index is 12.9. The summed E-state index contributed by atoms with van der Waals surface area (Å²) in [4.78, 5) is 13.5. The molecule has 2 saturated heterocycles. The summed E-state index contributed by atoms with van der Waals surface area (Å²) in [6, 6.07) is 6.95. The highest BCUT2D eigenvalue weighted by Gasteiger charge is 2.31. The Morgan fingerprint density at radius 3 is 2.69 bits per heavy atom. The summed E-state index contributed by atoms with van der Waals surface area (Å²) in [6.45, 7) is 2.43. The Balaban J connectivity index is 1.58. The maximum atomic E-state index is 12.9. The Bertz CT molecular complexity index is 716. The summed E-state index contributed by atoms with van der Waals surface area (Å²) in [6.07, 6.45) is 5.64. The molecule has 2 aliphatic rings. The number of hydrogen-bond donors (Lipinski definition) is 2. The van der Waals surface area contributed by atoms with E-state index in [1.807, 2.05) is 18.4 Å². The summed E-state index contributed by atoms with van der Waals surface area (Å²) < 4.78 is 27.4. The lowest BCUT2D eigenvalue weighted by atomic mass is 9.99. The van der Waals surface area contributed by atoms with Crippen molar-refractivity contribution in [2.45, 2.75) is 41.5 Å². The molecule has 0 saturated carbocycles. The number of sulfonamides is 1. The minimum absolute atomic E-state index is 0.0372. The van der Waals surface area contributed by atoms with Crippen LogP contribution in [0.15, 0.2) is 34.1 Å². The van der Waals surface area contributed by atoms with Crippen LogP contribution in [0.25, 0.3) is 0 Å². The van der Waals surface area contributed by atoms with Gasteiger partial charge in [-0.2, -0.15) is 4.31 Å². The Morgan fingerprint density at radius 1 is 1.27 bits per heavy atom. The molecule has 0 aliphatic carbocycles. The molecule has 0 spiro atoms. The number of hydrogen-bond acceptors (Lipinski definition) is 5. The Labute approximate surface area is 160 Å². The SMILES string of the molecule is CSc1ccc(S(=O)(=O)N2CCCC(CNC(=O)C3CCCN3)C2)cc1. The molecular weight excluding hydrogens is 370 g/mol. The fourth-order valence-corrected chi connectivity index (χ4v) is 5.55. The van der Waals surface area contributed by atoms with Crippen LogP contribution in [0.3, 0.4) is 0 Å². The van der Waals surface area contributed by atoms with E-state index < -0.39 is 10.0 Å². The molecule has 2 N–H and O–H groups in total. The van der Waals surface area contributed by atoms with Gasteiger partial charge in [-0.1, -0.05) is 0 Å². The van der Waals surface area contributed by atoms with Crippen molar-refractivity contribution in [3.8, 4) is 0 Å². The molecule has 2 heterocycles. The number of nitrogens with one attached hydrogen (secondary N) is 2. The molecule has 2 unspecified atom stereocenters. The average molecular weight is 398 g/mol. The first-order valence-corrected chi connectivity index (χ1v) is 11.8. The van der Waals surface area contributed by atoms with Gasteiger partial charge in [-0.05, 0) is 68.7 Å². The zero-order chi connectivity index (χ0) is 18.6. The smallest absolute Gasteiger partial charge is 0.243 e. The van der Waals surface area contributed by atoms with E-state index in [-0.39, 0.29) is 17.9 Å². The van der Waals surface area contributed by atoms with Crippen LogP contribution in [0.2, 0.25) is 0 Å². The van der Waals surface area contributed by atoms with E-state index in [9.17, 15) is 13.2 Å². The largest absolute Gasteiger partial charge is 0.354 e. The van der Waals surface area contributed by atoms with Gasteiger partial charge in [0.05, 0.1) is 10.9 Å². The van der Waals surface area contributed by atoms with Crippen molar-refractivity contribution in [1.82, 2.24) is 14.9 Å². The van der Waals surface area contributed by atoms with E-state index in [4.69, 9.17) is 0 Å². The molecule has 2 aliphatic heterocycles.